The van der Waals surface area contributed by atoms with Gasteiger partial charge in [0, 0.05) is 29.4 Å². The van der Waals surface area contributed by atoms with Gasteiger partial charge in [-0.3, -0.25) is 0 Å². The molecule has 1 aromatic heterocycles. The van der Waals surface area contributed by atoms with Crippen LogP contribution in [0.2, 0.25) is 0 Å². The zero-order chi connectivity index (χ0) is 18.3. The number of hydrogen-bond donors (Lipinski definition) is 2. The van der Waals surface area contributed by atoms with Gasteiger partial charge in [0.1, 0.15) is 0 Å². The number of halogens is 4. The number of rotatable bonds is 6. The first kappa shape index (κ1) is 19.7. The molecule has 2 rings (SSSR count). The lowest BCUT2D eigenvalue weighted by atomic mass is 10.2. The fourth-order valence-corrected chi connectivity index (χ4v) is 3.01. The largest absolute Gasteiger partial charge is 0.434 e. The van der Waals surface area contributed by atoms with Crippen LogP contribution >= 0.6 is 27.3 Å². The lowest BCUT2D eigenvalue weighted by molar-refractivity contribution is -0.140. The minimum Gasteiger partial charge on any atom is -0.357 e. The molecule has 0 aliphatic carbocycles. The maximum Gasteiger partial charge on any atom is 0.434 e. The fourth-order valence-electron chi connectivity index (χ4n) is 1.95. The predicted octanol–water partition coefficient (Wildman–Crippen LogP) is 4.22. The Morgan fingerprint density at radius 2 is 1.96 bits per heavy atom. The van der Waals surface area contributed by atoms with Crippen LogP contribution in [0.25, 0.3) is 0 Å². The Morgan fingerprint density at radius 3 is 2.56 bits per heavy atom. The van der Waals surface area contributed by atoms with Crippen molar-refractivity contribution in [1.82, 2.24) is 15.6 Å². The molecule has 0 atom stereocenters. The second-order valence-electron chi connectivity index (χ2n) is 5.12. The second-order valence-corrected chi connectivity index (χ2v) is 6.98. The molecule has 0 bridgehead atoms. The molecule has 9 heteroatoms. The van der Waals surface area contributed by atoms with Crippen LogP contribution in [0, 0.1) is 0 Å². The van der Waals surface area contributed by atoms with E-state index in [-0.39, 0.29) is 0 Å². The summed E-state index contributed by atoms with van der Waals surface area (Å²) in [4.78, 5) is 8.09. The molecule has 0 aliphatic rings. The SMILES string of the molecule is CCNC(=NCc1ccc(Br)cc1)NCCc1nc(C(F)(F)F)cs1. The lowest BCUT2D eigenvalue weighted by Crippen LogP contribution is -2.38. The van der Waals surface area contributed by atoms with Crippen LogP contribution in [-0.4, -0.2) is 24.0 Å². The van der Waals surface area contributed by atoms with Gasteiger partial charge in [-0.1, -0.05) is 28.1 Å². The highest BCUT2D eigenvalue weighted by Crippen LogP contribution is 2.29. The summed E-state index contributed by atoms with van der Waals surface area (Å²) in [6.07, 6.45) is -3.98. The molecule has 0 aliphatic heterocycles. The van der Waals surface area contributed by atoms with E-state index >= 15 is 0 Å². The van der Waals surface area contributed by atoms with Crippen LogP contribution < -0.4 is 10.6 Å². The average Bonchev–Trinajstić information content (AvgIpc) is 3.03. The van der Waals surface area contributed by atoms with E-state index in [1.807, 2.05) is 31.2 Å². The topological polar surface area (TPSA) is 49.3 Å². The van der Waals surface area contributed by atoms with Gasteiger partial charge in [-0.2, -0.15) is 13.2 Å². The minimum absolute atomic E-state index is 0.406. The fraction of sp³-hybridized carbons (Fsp3) is 0.375. The van der Waals surface area contributed by atoms with Gasteiger partial charge in [0.25, 0.3) is 0 Å². The van der Waals surface area contributed by atoms with Crippen molar-refractivity contribution in [2.75, 3.05) is 13.1 Å². The molecule has 2 aromatic rings. The maximum atomic E-state index is 12.5. The highest BCUT2D eigenvalue weighted by Gasteiger charge is 2.33. The quantitative estimate of drug-likeness (QED) is 0.528. The summed E-state index contributed by atoms with van der Waals surface area (Å²) in [7, 11) is 0. The normalized spacial score (nSPS) is 12.3. The van der Waals surface area contributed by atoms with Crippen molar-refractivity contribution < 1.29 is 13.2 Å². The number of hydrogen-bond acceptors (Lipinski definition) is 3. The van der Waals surface area contributed by atoms with E-state index in [4.69, 9.17) is 0 Å². The van der Waals surface area contributed by atoms with Crippen molar-refractivity contribution in [1.29, 1.82) is 0 Å². The van der Waals surface area contributed by atoms with Crippen LogP contribution in [0.3, 0.4) is 0 Å². The van der Waals surface area contributed by atoms with Crippen LogP contribution in [0.5, 0.6) is 0 Å². The lowest BCUT2D eigenvalue weighted by Gasteiger charge is -2.10. The summed E-state index contributed by atoms with van der Waals surface area (Å²) in [6, 6.07) is 7.86. The monoisotopic (exact) mass is 434 g/mol. The molecular weight excluding hydrogens is 417 g/mol. The van der Waals surface area contributed by atoms with E-state index in [2.05, 4.69) is 36.5 Å². The van der Waals surface area contributed by atoms with E-state index in [1.165, 1.54) is 0 Å². The van der Waals surface area contributed by atoms with Gasteiger partial charge < -0.3 is 10.6 Å². The summed E-state index contributed by atoms with van der Waals surface area (Å²) in [5.41, 5.74) is 0.235. The van der Waals surface area contributed by atoms with Gasteiger partial charge in [-0.15, -0.1) is 11.3 Å². The Morgan fingerprint density at radius 1 is 1.24 bits per heavy atom. The molecule has 0 amide bonds. The van der Waals surface area contributed by atoms with E-state index < -0.39 is 11.9 Å². The molecule has 0 saturated carbocycles. The van der Waals surface area contributed by atoms with Gasteiger partial charge in [-0.05, 0) is 24.6 Å². The first-order valence-electron chi connectivity index (χ1n) is 7.66. The highest BCUT2D eigenvalue weighted by atomic mass is 79.9. The number of aliphatic imine (C=N–C) groups is 1. The third-order valence-electron chi connectivity index (χ3n) is 3.15. The number of thiazole rings is 1. The summed E-state index contributed by atoms with van der Waals surface area (Å²) in [6.45, 7) is 3.62. The van der Waals surface area contributed by atoms with Gasteiger partial charge in [0.2, 0.25) is 0 Å². The first-order valence-corrected chi connectivity index (χ1v) is 9.34. The zero-order valence-corrected chi connectivity index (χ0v) is 15.9. The highest BCUT2D eigenvalue weighted by molar-refractivity contribution is 9.10. The van der Waals surface area contributed by atoms with Crippen LogP contribution in [0.15, 0.2) is 39.1 Å². The third kappa shape index (κ3) is 6.66. The Balaban J connectivity index is 1.87. The molecule has 0 spiro atoms. The number of nitrogens with one attached hydrogen (secondary N) is 2. The first-order chi connectivity index (χ1) is 11.9. The molecule has 0 radical (unpaired) electrons. The number of benzene rings is 1. The number of nitrogens with zero attached hydrogens (tertiary/aromatic N) is 2. The smallest absolute Gasteiger partial charge is 0.357 e. The van der Waals surface area contributed by atoms with E-state index in [0.717, 1.165) is 26.8 Å². The zero-order valence-electron chi connectivity index (χ0n) is 13.5. The molecule has 2 N–H and O–H groups in total. The summed E-state index contributed by atoms with van der Waals surface area (Å²) in [5, 5.41) is 7.72. The molecule has 1 heterocycles. The molecule has 4 nitrogen and oxygen atoms in total. The van der Waals surface area contributed by atoms with Crippen molar-refractivity contribution in [2.24, 2.45) is 4.99 Å². The molecule has 0 unspecified atom stereocenters. The van der Waals surface area contributed by atoms with Gasteiger partial charge in [0.05, 0.1) is 11.6 Å². The van der Waals surface area contributed by atoms with Crippen molar-refractivity contribution in [3.05, 3.63) is 50.4 Å². The summed E-state index contributed by atoms with van der Waals surface area (Å²) in [5.74, 6) is 0.623. The predicted molar refractivity (Wildman–Crippen MR) is 97.8 cm³/mol. The van der Waals surface area contributed by atoms with E-state index in [0.29, 0.717) is 37.0 Å². The van der Waals surface area contributed by atoms with Crippen LogP contribution in [0.4, 0.5) is 13.2 Å². The summed E-state index contributed by atoms with van der Waals surface area (Å²) >= 11 is 4.40. The minimum atomic E-state index is -4.39. The Hall–Kier alpha value is -1.61. The molecule has 1 aromatic carbocycles. The molecular formula is C16H18BrF3N4S. The van der Waals surface area contributed by atoms with E-state index in [1.54, 1.807) is 0 Å². The van der Waals surface area contributed by atoms with Gasteiger partial charge in [0.15, 0.2) is 11.7 Å². The van der Waals surface area contributed by atoms with E-state index in [9.17, 15) is 13.2 Å². The second kappa shape index (κ2) is 9.19. The molecule has 25 heavy (non-hydrogen) atoms. The average molecular weight is 435 g/mol. The van der Waals surface area contributed by atoms with Crippen molar-refractivity contribution >= 4 is 33.2 Å². The summed E-state index contributed by atoms with van der Waals surface area (Å²) < 4.78 is 38.6. The Bertz CT molecular complexity index is 698. The third-order valence-corrected chi connectivity index (χ3v) is 4.59. The molecule has 136 valence electrons. The molecule has 0 fully saturated rings. The van der Waals surface area contributed by atoms with Crippen molar-refractivity contribution in [2.45, 2.75) is 26.1 Å². The van der Waals surface area contributed by atoms with Crippen LogP contribution in [-0.2, 0) is 19.1 Å². The number of aromatic nitrogens is 1. The van der Waals surface area contributed by atoms with Crippen LogP contribution in [0.1, 0.15) is 23.2 Å². The maximum absolute atomic E-state index is 12.5. The van der Waals surface area contributed by atoms with Gasteiger partial charge >= 0.3 is 6.18 Å². The number of alkyl halides is 3. The molecule has 0 saturated heterocycles. The van der Waals surface area contributed by atoms with Crippen molar-refractivity contribution in [3.63, 3.8) is 0 Å². The van der Waals surface area contributed by atoms with Gasteiger partial charge in [-0.25, -0.2) is 9.98 Å². The standard InChI is InChI=1S/C16H18BrF3N4S/c1-2-21-15(23-9-11-3-5-12(17)6-4-11)22-8-7-14-24-13(10-25-14)16(18,19)20/h3-6,10H,2,7-9H2,1H3,(H2,21,22,23). The Labute approximate surface area is 156 Å². The number of guanidine groups is 1. The van der Waals surface area contributed by atoms with Crippen molar-refractivity contribution in [3.8, 4) is 0 Å². The Kier molecular flexibility index (Phi) is 7.24.